The number of esters is 1. The van der Waals surface area contributed by atoms with E-state index in [2.05, 4.69) is 0 Å². The third-order valence-corrected chi connectivity index (χ3v) is 7.80. The van der Waals surface area contributed by atoms with Crippen molar-refractivity contribution in [1.29, 1.82) is 0 Å². The van der Waals surface area contributed by atoms with Crippen molar-refractivity contribution in [3.05, 3.63) is 138 Å². The van der Waals surface area contributed by atoms with Crippen molar-refractivity contribution in [2.24, 2.45) is 0 Å². The van der Waals surface area contributed by atoms with Gasteiger partial charge in [0, 0.05) is 54.1 Å². The van der Waals surface area contributed by atoms with Crippen molar-refractivity contribution in [3.63, 3.8) is 0 Å². The smallest absolute Gasteiger partial charge is 0.404 e. The molecular formula is C32H22F4N3O2+3. The molecule has 0 N–H and O–H groups in total. The highest BCUT2D eigenvalue weighted by Gasteiger charge is 2.59. The van der Waals surface area contributed by atoms with Gasteiger partial charge in [-0.15, -0.1) is 9.13 Å². The van der Waals surface area contributed by atoms with E-state index < -0.39 is 34.9 Å². The fourth-order valence-electron chi connectivity index (χ4n) is 6.14. The van der Waals surface area contributed by atoms with Crippen molar-refractivity contribution in [2.45, 2.75) is 18.6 Å². The third-order valence-electron chi connectivity index (χ3n) is 7.80. The van der Waals surface area contributed by atoms with E-state index in [1.165, 1.54) is 12.1 Å². The molecule has 0 fully saturated rings. The SMILES string of the molecule is O=C1OCC2(Cc3cc(F)cc(F)c3-c3cccc[n+]3Cc3cc(F)cc(F)c3-c3cccc[n+]32)[n+]2ccccc21. The Balaban J connectivity index is 1.67. The Hall–Kier alpha value is -4.92. The molecule has 202 valence electrons. The second-order valence-corrected chi connectivity index (χ2v) is 10.2. The largest absolute Gasteiger partial charge is 0.442 e. The number of carbonyl (C=O) groups excluding carboxylic acids is 1. The molecule has 2 aliphatic rings. The van der Waals surface area contributed by atoms with Gasteiger partial charge < -0.3 is 4.74 Å². The number of hydrogen-bond acceptors (Lipinski definition) is 2. The number of halogens is 4. The van der Waals surface area contributed by atoms with Gasteiger partial charge in [0.15, 0.2) is 25.1 Å². The van der Waals surface area contributed by atoms with Crippen LogP contribution in [0.2, 0.25) is 0 Å². The van der Waals surface area contributed by atoms with E-state index in [-0.39, 0.29) is 36.4 Å². The van der Waals surface area contributed by atoms with E-state index >= 15 is 8.78 Å². The molecule has 1 atom stereocenters. The summed E-state index contributed by atoms with van der Waals surface area (Å²) >= 11 is 0. The van der Waals surface area contributed by atoms with Gasteiger partial charge in [-0.2, -0.15) is 4.57 Å². The van der Waals surface area contributed by atoms with Gasteiger partial charge in [-0.3, -0.25) is 0 Å². The average Bonchev–Trinajstić information content (AvgIpc) is 2.96. The second kappa shape index (κ2) is 9.33. The summed E-state index contributed by atoms with van der Waals surface area (Å²) in [4.78, 5) is 12.9. The summed E-state index contributed by atoms with van der Waals surface area (Å²) in [5.74, 6) is -3.66. The van der Waals surface area contributed by atoms with Gasteiger partial charge in [0.2, 0.25) is 18.0 Å². The lowest BCUT2D eigenvalue weighted by Gasteiger charge is -2.29. The summed E-state index contributed by atoms with van der Waals surface area (Å²) in [6, 6.07) is 19.5. The molecule has 0 aliphatic carbocycles. The van der Waals surface area contributed by atoms with Crippen molar-refractivity contribution in [1.82, 2.24) is 0 Å². The Morgan fingerprint density at radius 1 is 0.659 bits per heavy atom. The van der Waals surface area contributed by atoms with Gasteiger partial charge in [-0.25, -0.2) is 22.4 Å². The van der Waals surface area contributed by atoms with Crippen LogP contribution in [0, 0.1) is 23.3 Å². The highest BCUT2D eigenvalue weighted by molar-refractivity contribution is 5.86. The van der Waals surface area contributed by atoms with Crippen LogP contribution in [0.3, 0.4) is 0 Å². The fraction of sp³-hybridized carbons (Fsp3) is 0.125. The maximum Gasteiger partial charge on any atom is 0.404 e. The Morgan fingerprint density at radius 2 is 1.22 bits per heavy atom. The molecule has 1 unspecified atom stereocenters. The molecule has 0 saturated heterocycles. The minimum Gasteiger partial charge on any atom is -0.442 e. The number of nitrogens with zero attached hydrogens (tertiary/aromatic N) is 3. The van der Waals surface area contributed by atoms with Gasteiger partial charge in [0.1, 0.15) is 29.7 Å². The van der Waals surface area contributed by atoms with Crippen LogP contribution < -0.4 is 13.7 Å². The number of rotatable bonds is 0. The number of aromatic nitrogens is 3. The molecule has 2 aliphatic heterocycles. The van der Waals surface area contributed by atoms with Crippen molar-refractivity contribution in [3.8, 4) is 22.5 Å². The van der Waals surface area contributed by atoms with Gasteiger partial charge >= 0.3 is 11.6 Å². The molecule has 5 heterocycles. The number of carbonyl (C=O) groups is 1. The standard InChI is InChI=1S/C32H22F4N3O2/c33-22-13-20-17-32(19-41-31(40)28-9-3-6-12-39(28)32)38-11-5-2-8-27(38)30-21(14-23(34)16-25(30)36)18-37-10-4-1-7-26(37)29(20)24(35)15-22/h1-16H,17-19H2/q+3. The van der Waals surface area contributed by atoms with Crippen LogP contribution in [-0.2, 0) is 23.4 Å². The maximum atomic E-state index is 15.9. The van der Waals surface area contributed by atoms with Gasteiger partial charge in [-0.1, -0.05) is 0 Å². The van der Waals surface area contributed by atoms with Gasteiger partial charge in [-0.05, 0) is 35.9 Å². The molecule has 0 amide bonds. The van der Waals surface area contributed by atoms with Gasteiger partial charge in [0.05, 0.1) is 11.1 Å². The lowest BCUT2D eigenvalue weighted by Crippen LogP contribution is -2.80. The Bertz CT molecular complexity index is 1890. The van der Waals surface area contributed by atoms with Crippen LogP contribution in [0.1, 0.15) is 21.6 Å². The highest BCUT2D eigenvalue weighted by Crippen LogP contribution is 2.34. The minimum atomic E-state index is -1.32. The van der Waals surface area contributed by atoms with Crippen molar-refractivity contribution >= 4 is 5.97 Å². The number of ether oxygens (including phenoxy) is 1. The summed E-state index contributed by atoms with van der Waals surface area (Å²) in [5, 5.41) is 0. The lowest BCUT2D eigenvalue weighted by molar-refractivity contribution is -0.994. The zero-order valence-corrected chi connectivity index (χ0v) is 21.5. The number of hydrogen-bond donors (Lipinski definition) is 0. The van der Waals surface area contributed by atoms with Crippen molar-refractivity contribution < 1.29 is 40.8 Å². The molecule has 0 saturated carbocycles. The van der Waals surface area contributed by atoms with Crippen LogP contribution in [0.15, 0.2) is 97.5 Å². The molecule has 5 nitrogen and oxygen atoms in total. The third kappa shape index (κ3) is 3.91. The first-order valence-electron chi connectivity index (χ1n) is 13.0. The van der Waals surface area contributed by atoms with E-state index in [9.17, 15) is 13.6 Å². The predicted octanol–water partition coefficient (Wildman–Crippen LogP) is 4.42. The summed E-state index contributed by atoms with van der Waals surface area (Å²) in [6.45, 7) is -0.225. The number of pyridine rings is 3. The van der Waals surface area contributed by atoms with Crippen LogP contribution in [0.25, 0.3) is 22.5 Å². The Kier molecular flexibility index (Phi) is 5.71. The van der Waals surface area contributed by atoms with Crippen LogP contribution in [-0.4, -0.2) is 12.6 Å². The fourth-order valence-corrected chi connectivity index (χ4v) is 6.14. The molecule has 2 aromatic carbocycles. The second-order valence-electron chi connectivity index (χ2n) is 10.2. The van der Waals surface area contributed by atoms with Crippen molar-refractivity contribution in [2.75, 3.05) is 6.61 Å². The predicted molar refractivity (Wildman–Crippen MR) is 137 cm³/mol. The first kappa shape index (κ1) is 25.1. The molecule has 9 heteroatoms. The molecule has 0 bridgehead atoms. The highest BCUT2D eigenvalue weighted by atomic mass is 19.1. The molecule has 7 rings (SSSR count). The first-order chi connectivity index (χ1) is 19.9. The monoisotopic (exact) mass is 556 g/mol. The van der Waals surface area contributed by atoms with E-state index in [0.717, 1.165) is 12.1 Å². The van der Waals surface area contributed by atoms with Crippen LogP contribution in [0.5, 0.6) is 0 Å². The topological polar surface area (TPSA) is 37.9 Å². The van der Waals surface area contributed by atoms with E-state index in [0.29, 0.717) is 22.5 Å². The average molecular weight is 557 g/mol. The van der Waals surface area contributed by atoms with E-state index in [4.69, 9.17) is 4.74 Å². The molecular weight excluding hydrogens is 534 g/mol. The number of cyclic esters (lactones) is 1. The summed E-state index contributed by atoms with van der Waals surface area (Å²) in [6.07, 6.45) is 5.05. The minimum absolute atomic E-state index is 0.00292. The lowest BCUT2D eigenvalue weighted by atomic mass is 9.91. The van der Waals surface area contributed by atoms with E-state index in [1.807, 2.05) is 0 Å². The summed E-state index contributed by atoms with van der Waals surface area (Å²) in [7, 11) is 0. The number of benzene rings is 2. The Morgan fingerprint density at radius 3 is 1.93 bits per heavy atom. The van der Waals surface area contributed by atoms with E-state index in [1.54, 1.807) is 86.9 Å². The normalized spacial score (nSPS) is 17.3. The quantitative estimate of drug-likeness (QED) is 0.161. The number of fused-ring (bicyclic) bond motifs is 9. The maximum absolute atomic E-state index is 15.9. The van der Waals surface area contributed by atoms with Crippen LogP contribution >= 0.6 is 0 Å². The molecule has 1 spiro atoms. The molecule has 3 aromatic heterocycles. The first-order valence-corrected chi connectivity index (χ1v) is 13.0. The molecule has 41 heavy (non-hydrogen) atoms. The summed E-state index contributed by atoms with van der Waals surface area (Å²) in [5.41, 5.74) is 0.559. The van der Waals surface area contributed by atoms with Gasteiger partial charge in [0.25, 0.3) is 5.69 Å². The summed E-state index contributed by atoms with van der Waals surface area (Å²) < 4.78 is 72.2. The zero-order valence-electron chi connectivity index (χ0n) is 21.5. The zero-order chi connectivity index (χ0) is 28.3. The Labute approximate surface area is 232 Å². The van der Waals surface area contributed by atoms with Crippen LogP contribution in [0.4, 0.5) is 17.6 Å². The molecule has 5 aromatic rings. The molecule has 0 radical (unpaired) electrons.